The molecule has 0 bridgehead atoms. The zero-order valence-electron chi connectivity index (χ0n) is 8.91. The molecule has 2 rings (SSSR count). The van der Waals surface area contributed by atoms with E-state index in [0.717, 1.165) is 17.4 Å². The summed E-state index contributed by atoms with van der Waals surface area (Å²) in [5.74, 6) is -0.332. The minimum Gasteiger partial charge on any atom is -0.298 e. The minimum atomic E-state index is -0.332. The van der Waals surface area contributed by atoms with Crippen LogP contribution in [0, 0.1) is 12.7 Å². The molecule has 0 saturated heterocycles. The number of benzene rings is 2. The maximum Gasteiger partial charge on any atom is 0.150 e. The molecular formula is C14H11FO. The van der Waals surface area contributed by atoms with Gasteiger partial charge in [0, 0.05) is 5.56 Å². The molecule has 0 aliphatic rings. The van der Waals surface area contributed by atoms with Gasteiger partial charge in [-0.2, -0.15) is 0 Å². The smallest absolute Gasteiger partial charge is 0.150 e. The first-order valence-electron chi connectivity index (χ1n) is 5.02. The summed E-state index contributed by atoms with van der Waals surface area (Å²) in [6, 6.07) is 11.8. The molecule has 0 amide bonds. The van der Waals surface area contributed by atoms with Crippen molar-refractivity contribution >= 4 is 6.29 Å². The Hall–Kier alpha value is -1.96. The van der Waals surface area contributed by atoms with Gasteiger partial charge in [-0.25, -0.2) is 4.39 Å². The second-order valence-corrected chi connectivity index (χ2v) is 3.72. The predicted molar refractivity (Wildman–Crippen MR) is 62.0 cm³/mol. The highest BCUT2D eigenvalue weighted by atomic mass is 19.1. The standard InChI is InChI=1S/C14H11FO/c1-10-2-4-11(5-3-10)14-8-13(15)7-6-12(14)9-16/h2-9H,1H3. The molecule has 0 spiro atoms. The van der Waals surface area contributed by atoms with Gasteiger partial charge in [-0.15, -0.1) is 0 Å². The molecule has 0 aliphatic heterocycles. The van der Waals surface area contributed by atoms with Gasteiger partial charge in [0.15, 0.2) is 6.29 Å². The van der Waals surface area contributed by atoms with Crippen molar-refractivity contribution in [2.24, 2.45) is 0 Å². The van der Waals surface area contributed by atoms with Gasteiger partial charge in [-0.05, 0) is 36.2 Å². The Morgan fingerprint density at radius 1 is 1.06 bits per heavy atom. The first-order valence-corrected chi connectivity index (χ1v) is 5.02. The first kappa shape index (κ1) is 10.6. The van der Waals surface area contributed by atoms with Crippen LogP contribution in [-0.2, 0) is 0 Å². The van der Waals surface area contributed by atoms with Gasteiger partial charge in [0.2, 0.25) is 0 Å². The molecular weight excluding hydrogens is 203 g/mol. The Morgan fingerprint density at radius 3 is 2.38 bits per heavy atom. The lowest BCUT2D eigenvalue weighted by Crippen LogP contribution is -1.89. The summed E-state index contributed by atoms with van der Waals surface area (Å²) in [5, 5.41) is 0. The van der Waals surface area contributed by atoms with Crippen molar-refractivity contribution in [1.29, 1.82) is 0 Å². The van der Waals surface area contributed by atoms with Gasteiger partial charge in [0.25, 0.3) is 0 Å². The molecule has 0 aromatic heterocycles. The van der Waals surface area contributed by atoms with Gasteiger partial charge in [-0.1, -0.05) is 29.8 Å². The van der Waals surface area contributed by atoms with Crippen LogP contribution in [0.3, 0.4) is 0 Å². The zero-order chi connectivity index (χ0) is 11.5. The molecule has 0 heterocycles. The van der Waals surface area contributed by atoms with E-state index in [-0.39, 0.29) is 5.82 Å². The topological polar surface area (TPSA) is 17.1 Å². The van der Waals surface area contributed by atoms with E-state index in [1.54, 1.807) is 0 Å². The average Bonchev–Trinajstić information content (AvgIpc) is 2.30. The highest BCUT2D eigenvalue weighted by Gasteiger charge is 2.05. The van der Waals surface area contributed by atoms with E-state index in [1.165, 1.54) is 18.2 Å². The summed E-state index contributed by atoms with van der Waals surface area (Å²) >= 11 is 0. The highest BCUT2D eigenvalue weighted by molar-refractivity contribution is 5.87. The van der Waals surface area contributed by atoms with Crippen LogP contribution in [0.2, 0.25) is 0 Å². The van der Waals surface area contributed by atoms with Crippen LogP contribution >= 0.6 is 0 Å². The zero-order valence-corrected chi connectivity index (χ0v) is 8.91. The van der Waals surface area contributed by atoms with Gasteiger partial charge in [0.1, 0.15) is 5.82 Å². The van der Waals surface area contributed by atoms with Gasteiger partial charge in [0.05, 0.1) is 0 Å². The fourth-order valence-corrected chi connectivity index (χ4v) is 1.61. The minimum absolute atomic E-state index is 0.332. The molecule has 16 heavy (non-hydrogen) atoms. The summed E-state index contributed by atoms with van der Waals surface area (Å²) < 4.78 is 13.1. The molecule has 0 saturated carbocycles. The van der Waals surface area contributed by atoms with Crippen LogP contribution in [-0.4, -0.2) is 6.29 Å². The van der Waals surface area contributed by atoms with Crippen molar-refractivity contribution in [1.82, 2.24) is 0 Å². The lowest BCUT2D eigenvalue weighted by Gasteiger charge is -2.05. The van der Waals surface area contributed by atoms with Gasteiger partial charge >= 0.3 is 0 Å². The Labute approximate surface area is 93.5 Å². The number of aryl methyl sites for hydroxylation is 1. The molecule has 0 N–H and O–H groups in total. The SMILES string of the molecule is Cc1ccc(-c2cc(F)ccc2C=O)cc1. The van der Waals surface area contributed by atoms with Crippen molar-refractivity contribution in [2.45, 2.75) is 6.92 Å². The first-order chi connectivity index (χ1) is 7.70. The van der Waals surface area contributed by atoms with Crippen LogP contribution in [0.4, 0.5) is 4.39 Å². The second kappa shape index (κ2) is 4.27. The Bertz CT molecular complexity index is 515. The molecule has 0 radical (unpaired) electrons. The van der Waals surface area contributed by atoms with Crippen LogP contribution in [0.5, 0.6) is 0 Å². The van der Waals surface area contributed by atoms with E-state index in [4.69, 9.17) is 0 Å². The van der Waals surface area contributed by atoms with Crippen LogP contribution < -0.4 is 0 Å². The number of carbonyl (C=O) groups excluding carboxylic acids is 1. The fourth-order valence-electron chi connectivity index (χ4n) is 1.61. The van der Waals surface area contributed by atoms with E-state index >= 15 is 0 Å². The monoisotopic (exact) mass is 214 g/mol. The normalized spacial score (nSPS) is 10.1. The summed E-state index contributed by atoms with van der Waals surface area (Å²) in [4.78, 5) is 10.9. The fraction of sp³-hybridized carbons (Fsp3) is 0.0714. The predicted octanol–water partition coefficient (Wildman–Crippen LogP) is 3.61. The van der Waals surface area contributed by atoms with Crippen molar-refractivity contribution < 1.29 is 9.18 Å². The second-order valence-electron chi connectivity index (χ2n) is 3.72. The third kappa shape index (κ3) is 2.01. The number of halogens is 1. The van der Waals surface area contributed by atoms with Crippen molar-refractivity contribution in [2.75, 3.05) is 0 Å². The Morgan fingerprint density at radius 2 is 1.75 bits per heavy atom. The lowest BCUT2D eigenvalue weighted by atomic mass is 9.99. The quantitative estimate of drug-likeness (QED) is 0.698. The number of carbonyl (C=O) groups is 1. The molecule has 0 aliphatic carbocycles. The van der Waals surface area contributed by atoms with Crippen molar-refractivity contribution in [3.63, 3.8) is 0 Å². The van der Waals surface area contributed by atoms with Gasteiger partial charge in [-0.3, -0.25) is 4.79 Å². The van der Waals surface area contributed by atoms with Crippen LogP contribution in [0.25, 0.3) is 11.1 Å². The van der Waals surface area contributed by atoms with Crippen LogP contribution in [0.1, 0.15) is 15.9 Å². The number of hydrogen-bond donors (Lipinski definition) is 0. The van der Waals surface area contributed by atoms with Crippen LogP contribution in [0.15, 0.2) is 42.5 Å². The third-order valence-corrected chi connectivity index (χ3v) is 2.50. The molecule has 0 unspecified atom stereocenters. The molecule has 2 aromatic rings. The maximum absolute atomic E-state index is 13.1. The van der Waals surface area contributed by atoms with Crippen molar-refractivity contribution in [3.05, 3.63) is 59.4 Å². The third-order valence-electron chi connectivity index (χ3n) is 2.50. The Kier molecular flexibility index (Phi) is 2.82. The molecule has 0 atom stereocenters. The van der Waals surface area contributed by atoms with E-state index in [1.807, 2.05) is 31.2 Å². The highest BCUT2D eigenvalue weighted by Crippen LogP contribution is 2.24. The van der Waals surface area contributed by atoms with Crippen molar-refractivity contribution in [3.8, 4) is 11.1 Å². The number of rotatable bonds is 2. The molecule has 2 heteroatoms. The van der Waals surface area contributed by atoms with E-state index < -0.39 is 0 Å². The van der Waals surface area contributed by atoms with E-state index in [2.05, 4.69) is 0 Å². The Balaban J connectivity index is 2.57. The molecule has 1 nitrogen and oxygen atoms in total. The summed E-state index contributed by atoms with van der Waals surface area (Å²) in [6.45, 7) is 1.98. The molecule has 0 fully saturated rings. The van der Waals surface area contributed by atoms with Gasteiger partial charge < -0.3 is 0 Å². The summed E-state index contributed by atoms with van der Waals surface area (Å²) in [7, 11) is 0. The number of hydrogen-bond acceptors (Lipinski definition) is 1. The lowest BCUT2D eigenvalue weighted by molar-refractivity contribution is 0.112. The molecule has 2 aromatic carbocycles. The number of aldehydes is 1. The average molecular weight is 214 g/mol. The molecule has 80 valence electrons. The summed E-state index contributed by atoms with van der Waals surface area (Å²) in [5.41, 5.74) is 3.13. The van der Waals surface area contributed by atoms with E-state index in [0.29, 0.717) is 11.1 Å². The van der Waals surface area contributed by atoms with E-state index in [9.17, 15) is 9.18 Å². The summed E-state index contributed by atoms with van der Waals surface area (Å²) in [6.07, 6.45) is 0.745. The maximum atomic E-state index is 13.1. The largest absolute Gasteiger partial charge is 0.298 e.